The minimum atomic E-state index is -0.0805. The molecule has 1 amide bonds. The molecule has 0 fully saturated rings. The predicted octanol–water partition coefficient (Wildman–Crippen LogP) is 2.17. The molecule has 20 heavy (non-hydrogen) atoms. The zero-order valence-corrected chi connectivity index (χ0v) is 12.2. The molecule has 1 heterocycles. The van der Waals surface area contributed by atoms with Gasteiger partial charge < -0.3 is 10.6 Å². The van der Waals surface area contributed by atoms with Crippen LogP contribution in [-0.2, 0) is 6.54 Å². The van der Waals surface area contributed by atoms with Crippen molar-refractivity contribution >= 4 is 23.5 Å². The number of hydrogen-bond acceptors (Lipinski definition) is 5. The van der Waals surface area contributed by atoms with E-state index in [4.69, 9.17) is 0 Å². The molecule has 0 aliphatic rings. The Bertz CT molecular complexity index is 586. The predicted molar refractivity (Wildman–Crippen MR) is 81.0 cm³/mol. The topological polar surface area (TPSA) is 66.9 Å². The summed E-state index contributed by atoms with van der Waals surface area (Å²) in [7, 11) is 1.62. The van der Waals surface area contributed by atoms with Gasteiger partial charge in [0.25, 0.3) is 5.91 Å². The van der Waals surface area contributed by atoms with E-state index in [1.807, 2.05) is 18.4 Å². The molecule has 1 aromatic carbocycles. The number of carbonyl (C=O) groups is 1. The molecule has 2 rings (SSSR count). The van der Waals surface area contributed by atoms with E-state index < -0.39 is 0 Å². The number of nitrogens with zero attached hydrogens (tertiary/aromatic N) is 2. The molecule has 5 nitrogen and oxygen atoms in total. The van der Waals surface area contributed by atoms with Gasteiger partial charge in [-0.25, -0.2) is 4.98 Å². The Hall–Kier alpha value is -2.08. The van der Waals surface area contributed by atoms with Gasteiger partial charge in [0.05, 0.1) is 12.4 Å². The molecule has 0 radical (unpaired) electrons. The smallest absolute Gasteiger partial charge is 0.251 e. The first-order chi connectivity index (χ1) is 9.72. The van der Waals surface area contributed by atoms with E-state index in [9.17, 15) is 4.79 Å². The average Bonchev–Trinajstić information content (AvgIpc) is 2.53. The van der Waals surface area contributed by atoms with Gasteiger partial charge in [-0.2, -0.15) is 0 Å². The Morgan fingerprint density at radius 2 is 2.00 bits per heavy atom. The fraction of sp³-hybridized carbons (Fsp3) is 0.214. The molecule has 2 N–H and O–H groups in total. The highest BCUT2D eigenvalue weighted by Gasteiger charge is 2.02. The molecule has 2 aromatic rings. The Balaban J connectivity index is 1.98. The van der Waals surface area contributed by atoms with Crippen LogP contribution in [0.5, 0.6) is 0 Å². The van der Waals surface area contributed by atoms with Gasteiger partial charge in [-0.3, -0.25) is 9.78 Å². The largest absolute Gasteiger partial charge is 0.365 e. The van der Waals surface area contributed by atoms with Gasteiger partial charge in [0.1, 0.15) is 10.8 Å². The van der Waals surface area contributed by atoms with Crippen molar-refractivity contribution in [2.24, 2.45) is 0 Å². The number of thioether (sulfide) groups is 1. The van der Waals surface area contributed by atoms with Gasteiger partial charge in [0.15, 0.2) is 0 Å². The standard InChI is InChI=1S/C14H16N4OS/c1-15-14(19)11-5-3-10(4-6-11)7-17-12-8-16-9-13(18-12)20-2/h3-6,8-9H,7H2,1-2H3,(H,15,19)(H,17,18). The minimum Gasteiger partial charge on any atom is -0.365 e. The summed E-state index contributed by atoms with van der Waals surface area (Å²) in [4.78, 5) is 19.9. The second kappa shape index (κ2) is 6.91. The lowest BCUT2D eigenvalue weighted by Gasteiger charge is -2.07. The van der Waals surface area contributed by atoms with Gasteiger partial charge >= 0.3 is 0 Å². The third-order valence-corrected chi connectivity index (χ3v) is 3.35. The molecule has 0 aliphatic carbocycles. The maximum absolute atomic E-state index is 11.4. The normalized spacial score (nSPS) is 10.1. The van der Waals surface area contributed by atoms with Crippen LogP contribution in [-0.4, -0.2) is 29.2 Å². The fourth-order valence-corrected chi connectivity index (χ4v) is 2.00. The lowest BCUT2D eigenvalue weighted by Crippen LogP contribution is -2.17. The third-order valence-electron chi connectivity index (χ3n) is 2.74. The molecule has 6 heteroatoms. The van der Waals surface area contributed by atoms with Crippen molar-refractivity contribution in [3.63, 3.8) is 0 Å². The fourth-order valence-electron chi connectivity index (χ4n) is 1.64. The van der Waals surface area contributed by atoms with Gasteiger partial charge in [0.2, 0.25) is 0 Å². The molecular weight excluding hydrogens is 272 g/mol. The van der Waals surface area contributed by atoms with E-state index in [1.165, 1.54) is 0 Å². The summed E-state index contributed by atoms with van der Waals surface area (Å²) in [6.45, 7) is 0.639. The highest BCUT2D eigenvalue weighted by molar-refractivity contribution is 7.98. The Morgan fingerprint density at radius 1 is 1.25 bits per heavy atom. The zero-order valence-electron chi connectivity index (χ0n) is 11.4. The highest BCUT2D eigenvalue weighted by atomic mass is 32.2. The van der Waals surface area contributed by atoms with Crippen LogP contribution in [0.2, 0.25) is 0 Å². The first kappa shape index (κ1) is 14.3. The van der Waals surface area contributed by atoms with E-state index in [0.29, 0.717) is 12.1 Å². The summed E-state index contributed by atoms with van der Waals surface area (Å²) in [6, 6.07) is 7.45. The summed E-state index contributed by atoms with van der Waals surface area (Å²) in [5.74, 6) is 0.662. The first-order valence-corrected chi connectivity index (χ1v) is 7.36. The Morgan fingerprint density at radius 3 is 2.65 bits per heavy atom. The van der Waals surface area contributed by atoms with Crippen LogP contribution in [0.15, 0.2) is 41.7 Å². The van der Waals surface area contributed by atoms with Crippen LogP contribution >= 0.6 is 11.8 Å². The molecule has 0 atom stereocenters. The van der Waals surface area contributed by atoms with Crippen LogP contribution in [0.25, 0.3) is 0 Å². The molecule has 0 saturated carbocycles. The Labute approximate surface area is 122 Å². The van der Waals surface area contributed by atoms with E-state index in [2.05, 4.69) is 20.6 Å². The second-order valence-corrected chi connectivity index (χ2v) is 4.90. The molecule has 104 valence electrons. The number of benzene rings is 1. The molecule has 0 bridgehead atoms. The highest BCUT2D eigenvalue weighted by Crippen LogP contribution is 2.13. The quantitative estimate of drug-likeness (QED) is 0.825. The maximum Gasteiger partial charge on any atom is 0.251 e. The monoisotopic (exact) mass is 288 g/mol. The van der Waals surface area contributed by atoms with Crippen LogP contribution < -0.4 is 10.6 Å². The lowest BCUT2D eigenvalue weighted by molar-refractivity contribution is 0.0963. The second-order valence-electron chi connectivity index (χ2n) is 4.08. The maximum atomic E-state index is 11.4. The average molecular weight is 288 g/mol. The molecule has 0 saturated heterocycles. The molecule has 0 unspecified atom stereocenters. The Kier molecular flexibility index (Phi) is 4.95. The molecule has 1 aromatic heterocycles. The van der Waals surface area contributed by atoms with Crippen LogP contribution in [0.1, 0.15) is 15.9 Å². The van der Waals surface area contributed by atoms with Crippen LogP contribution in [0.3, 0.4) is 0 Å². The lowest BCUT2D eigenvalue weighted by atomic mass is 10.1. The van der Waals surface area contributed by atoms with Crippen LogP contribution in [0.4, 0.5) is 5.82 Å². The van der Waals surface area contributed by atoms with Crippen molar-refractivity contribution < 1.29 is 4.79 Å². The van der Waals surface area contributed by atoms with Crippen molar-refractivity contribution in [1.82, 2.24) is 15.3 Å². The first-order valence-electron chi connectivity index (χ1n) is 6.14. The van der Waals surface area contributed by atoms with Crippen molar-refractivity contribution in [1.29, 1.82) is 0 Å². The van der Waals surface area contributed by atoms with Gasteiger partial charge in [0, 0.05) is 19.2 Å². The van der Waals surface area contributed by atoms with Gasteiger partial charge in [-0.15, -0.1) is 11.8 Å². The van der Waals surface area contributed by atoms with Crippen LogP contribution in [0, 0.1) is 0 Å². The summed E-state index contributed by atoms with van der Waals surface area (Å²) in [5.41, 5.74) is 1.73. The van der Waals surface area contributed by atoms with E-state index in [-0.39, 0.29) is 5.91 Å². The summed E-state index contributed by atoms with van der Waals surface area (Å²) in [5, 5.41) is 6.69. The van der Waals surface area contributed by atoms with Crippen molar-refractivity contribution in [3.05, 3.63) is 47.8 Å². The molecule has 0 aliphatic heterocycles. The zero-order chi connectivity index (χ0) is 14.4. The number of carbonyl (C=O) groups excluding carboxylic acids is 1. The van der Waals surface area contributed by atoms with E-state index in [1.54, 1.807) is 43.3 Å². The van der Waals surface area contributed by atoms with E-state index in [0.717, 1.165) is 16.4 Å². The summed E-state index contributed by atoms with van der Waals surface area (Å²) in [6.07, 6.45) is 5.39. The van der Waals surface area contributed by atoms with Gasteiger partial charge in [-0.1, -0.05) is 12.1 Å². The van der Waals surface area contributed by atoms with Crippen molar-refractivity contribution in [3.8, 4) is 0 Å². The number of amides is 1. The number of hydrogen-bond donors (Lipinski definition) is 2. The van der Waals surface area contributed by atoms with Crippen molar-refractivity contribution in [2.75, 3.05) is 18.6 Å². The summed E-state index contributed by atoms with van der Waals surface area (Å²) < 4.78 is 0. The minimum absolute atomic E-state index is 0.0805. The number of anilines is 1. The van der Waals surface area contributed by atoms with E-state index >= 15 is 0 Å². The third kappa shape index (κ3) is 3.71. The number of rotatable bonds is 5. The molecule has 0 spiro atoms. The number of nitrogens with one attached hydrogen (secondary N) is 2. The molecular formula is C14H16N4OS. The van der Waals surface area contributed by atoms with Gasteiger partial charge in [-0.05, 0) is 24.0 Å². The summed E-state index contributed by atoms with van der Waals surface area (Å²) >= 11 is 1.55. The SMILES string of the molecule is CNC(=O)c1ccc(CNc2cncc(SC)n2)cc1. The number of aromatic nitrogens is 2. The van der Waals surface area contributed by atoms with Crippen molar-refractivity contribution in [2.45, 2.75) is 11.6 Å².